The third kappa shape index (κ3) is 3.01. The van der Waals surface area contributed by atoms with Crippen LogP contribution in [0.15, 0.2) is 30.3 Å². The van der Waals surface area contributed by atoms with Gasteiger partial charge in [-0.15, -0.1) is 0 Å². The van der Waals surface area contributed by atoms with E-state index < -0.39 is 0 Å². The van der Waals surface area contributed by atoms with Crippen molar-refractivity contribution in [2.45, 2.75) is 31.8 Å². The van der Waals surface area contributed by atoms with E-state index in [0.29, 0.717) is 11.5 Å². The Morgan fingerprint density at radius 1 is 1.33 bits per heavy atom. The van der Waals surface area contributed by atoms with Gasteiger partial charge in [0.25, 0.3) is 0 Å². The van der Waals surface area contributed by atoms with Crippen LogP contribution in [0.25, 0.3) is 0 Å². The number of benzene rings is 1. The summed E-state index contributed by atoms with van der Waals surface area (Å²) in [6, 6.07) is 11.0. The van der Waals surface area contributed by atoms with Crippen molar-refractivity contribution in [3.8, 4) is 0 Å². The van der Waals surface area contributed by atoms with E-state index in [1.165, 1.54) is 18.4 Å². The number of hydrogen-bond acceptors (Lipinski definition) is 3. The van der Waals surface area contributed by atoms with E-state index >= 15 is 0 Å². The van der Waals surface area contributed by atoms with Crippen molar-refractivity contribution in [2.75, 3.05) is 33.4 Å². The van der Waals surface area contributed by atoms with Gasteiger partial charge in [-0.3, -0.25) is 0 Å². The summed E-state index contributed by atoms with van der Waals surface area (Å²) in [5.41, 5.74) is 1.80. The Morgan fingerprint density at radius 3 is 2.81 bits per heavy atom. The van der Waals surface area contributed by atoms with E-state index in [0.717, 1.165) is 38.1 Å². The molecule has 1 aliphatic carbocycles. The van der Waals surface area contributed by atoms with Crippen LogP contribution < -0.4 is 5.32 Å². The van der Waals surface area contributed by atoms with Gasteiger partial charge < -0.3 is 14.8 Å². The first kappa shape index (κ1) is 15.0. The van der Waals surface area contributed by atoms with Crippen molar-refractivity contribution in [3.05, 3.63) is 35.9 Å². The minimum Gasteiger partial charge on any atom is -0.383 e. The minimum atomic E-state index is 0.300. The molecule has 0 radical (unpaired) electrons. The summed E-state index contributed by atoms with van der Waals surface area (Å²) in [7, 11) is 1.76. The van der Waals surface area contributed by atoms with Crippen molar-refractivity contribution in [3.63, 3.8) is 0 Å². The number of rotatable bonds is 7. The normalized spacial score (nSPS) is 35.0. The molecule has 4 unspecified atom stereocenters. The Bertz CT molecular complexity index is 450. The quantitative estimate of drug-likeness (QED) is 0.783. The Balaban J connectivity index is 1.67. The Labute approximate surface area is 128 Å². The third-order valence-corrected chi connectivity index (χ3v) is 5.44. The van der Waals surface area contributed by atoms with Gasteiger partial charge in [0.1, 0.15) is 0 Å². The van der Waals surface area contributed by atoms with Gasteiger partial charge in [-0.05, 0) is 37.2 Å². The Morgan fingerprint density at radius 2 is 2.14 bits per heavy atom. The van der Waals surface area contributed by atoms with Crippen LogP contribution in [0.4, 0.5) is 0 Å². The zero-order valence-corrected chi connectivity index (χ0v) is 13.2. The van der Waals surface area contributed by atoms with Gasteiger partial charge in [0.2, 0.25) is 0 Å². The lowest BCUT2D eigenvalue weighted by molar-refractivity contribution is 0.0490. The molecule has 4 atom stereocenters. The zero-order chi connectivity index (χ0) is 14.7. The molecular formula is C18H27NO2. The van der Waals surface area contributed by atoms with E-state index in [1.54, 1.807) is 7.11 Å². The summed E-state index contributed by atoms with van der Waals surface area (Å²) in [5.74, 6) is 1.48. The van der Waals surface area contributed by atoms with Crippen molar-refractivity contribution < 1.29 is 9.47 Å². The molecule has 3 rings (SSSR count). The molecule has 1 N–H and O–H groups in total. The van der Waals surface area contributed by atoms with Crippen LogP contribution in [0.2, 0.25) is 0 Å². The van der Waals surface area contributed by atoms with Gasteiger partial charge in [-0.2, -0.15) is 0 Å². The second-order valence-electron chi connectivity index (χ2n) is 6.53. The lowest BCUT2D eigenvalue weighted by Crippen LogP contribution is -2.42. The molecule has 1 heterocycles. The van der Waals surface area contributed by atoms with Gasteiger partial charge in [0.15, 0.2) is 0 Å². The van der Waals surface area contributed by atoms with Crippen molar-refractivity contribution in [1.29, 1.82) is 0 Å². The molecule has 1 saturated carbocycles. The summed E-state index contributed by atoms with van der Waals surface area (Å²) >= 11 is 0. The van der Waals surface area contributed by atoms with Crippen LogP contribution >= 0.6 is 0 Å². The van der Waals surface area contributed by atoms with Crippen LogP contribution in [-0.2, 0) is 9.47 Å². The average Bonchev–Trinajstić information content (AvgIpc) is 3.24. The summed E-state index contributed by atoms with van der Waals surface area (Å²) in [4.78, 5) is 0. The second kappa shape index (κ2) is 6.47. The molecule has 1 saturated heterocycles. The zero-order valence-electron chi connectivity index (χ0n) is 13.2. The summed E-state index contributed by atoms with van der Waals surface area (Å²) in [6.45, 7) is 5.91. The Kier molecular flexibility index (Phi) is 4.63. The largest absolute Gasteiger partial charge is 0.383 e. The van der Waals surface area contributed by atoms with E-state index in [4.69, 9.17) is 9.47 Å². The maximum Gasteiger partial charge on any atom is 0.0619 e. The van der Waals surface area contributed by atoms with E-state index in [-0.39, 0.29) is 0 Å². The van der Waals surface area contributed by atoms with E-state index in [1.807, 2.05) is 0 Å². The summed E-state index contributed by atoms with van der Waals surface area (Å²) in [5, 5.41) is 3.59. The first-order valence-electron chi connectivity index (χ1n) is 8.14. The first-order valence-corrected chi connectivity index (χ1v) is 8.14. The van der Waals surface area contributed by atoms with Crippen LogP contribution in [0.3, 0.4) is 0 Å². The minimum absolute atomic E-state index is 0.300. The molecule has 21 heavy (non-hydrogen) atoms. The molecule has 0 spiro atoms. The van der Waals surface area contributed by atoms with Crippen molar-refractivity contribution >= 4 is 0 Å². The molecule has 2 fully saturated rings. The molecule has 0 bridgehead atoms. The smallest absolute Gasteiger partial charge is 0.0619 e. The van der Waals surface area contributed by atoms with Gasteiger partial charge in [-0.1, -0.05) is 30.3 Å². The molecule has 3 heteroatoms. The fourth-order valence-corrected chi connectivity index (χ4v) is 4.04. The Hall–Kier alpha value is -0.900. The average molecular weight is 289 g/mol. The molecule has 0 aromatic heterocycles. The highest BCUT2D eigenvalue weighted by Gasteiger charge is 2.57. The van der Waals surface area contributed by atoms with Gasteiger partial charge >= 0.3 is 0 Å². The predicted octanol–water partition coefficient (Wildman–Crippen LogP) is 2.82. The number of hydrogen-bond donors (Lipinski definition) is 1. The SMILES string of the molecule is COCCNCC1(C2CC2c2ccccc2)CCOC1C. The molecule has 3 nitrogen and oxygen atoms in total. The van der Waals surface area contributed by atoms with Crippen LogP contribution in [0.5, 0.6) is 0 Å². The van der Waals surface area contributed by atoms with Crippen LogP contribution in [0.1, 0.15) is 31.2 Å². The highest BCUT2D eigenvalue weighted by Crippen LogP contribution is 2.61. The lowest BCUT2D eigenvalue weighted by atomic mass is 9.75. The maximum atomic E-state index is 5.94. The fourth-order valence-electron chi connectivity index (χ4n) is 4.04. The number of methoxy groups -OCH3 is 1. The fraction of sp³-hybridized carbons (Fsp3) is 0.667. The molecule has 1 aromatic carbocycles. The molecule has 116 valence electrons. The van der Waals surface area contributed by atoms with Crippen molar-refractivity contribution in [1.82, 2.24) is 5.32 Å². The second-order valence-corrected chi connectivity index (χ2v) is 6.53. The topological polar surface area (TPSA) is 30.5 Å². The standard InChI is InChI=1S/C18H27NO2/c1-14-18(8-10-21-14,13-19-9-11-20-2)17-12-16(17)15-6-4-3-5-7-15/h3-7,14,16-17,19H,8-13H2,1-2H3. The van der Waals surface area contributed by atoms with Crippen LogP contribution in [0, 0.1) is 11.3 Å². The monoisotopic (exact) mass is 289 g/mol. The molecule has 1 aliphatic heterocycles. The van der Waals surface area contributed by atoms with E-state index in [9.17, 15) is 0 Å². The maximum absolute atomic E-state index is 5.94. The van der Waals surface area contributed by atoms with Crippen LogP contribution in [-0.4, -0.2) is 39.5 Å². The van der Waals surface area contributed by atoms with E-state index in [2.05, 4.69) is 42.6 Å². The highest BCUT2D eigenvalue weighted by atomic mass is 16.5. The lowest BCUT2D eigenvalue weighted by Gasteiger charge is -2.33. The number of nitrogens with one attached hydrogen (secondary N) is 1. The first-order chi connectivity index (χ1) is 10.3. The summed E-state index contributed by atoms with van der Waals surface area (Å²) < 4.78 is 11.1. The third-order valence-electron chi connectivity index (χ3n) is 5.44. The van der Waals surface area contributed by atoms with Gasteiger partial charge in [0.05, 0.1) is 12.7 Å². The molecular weight excluding hydrogens is 262 g/mol. The predicted molar refractivity (Wildman–Crippen MR) is 84.5 cm³/mol. The van der Waals surface area contributed by atoms with Gasteiger partial charge in [-0.25, -0.2) is 0 Å². The summed E-state index contributed by atoms with van der Waals surface area (Å²) in [6.07, 6.45) is 2.84. The van der Waals surface area contributed by atoms with Gasteiger partial charge in [0, 0.05) is 32.2 Å². The molecule has 0 amide bonds. The molecule has 1 aromatic rings. The number of ether oxygens (including phenoxy) is 2. The highest BCUT2D eigenvalue weighted by molar-refractivity contribution is 5.28. The van der Waals surface area contributed by atoms with Crippen molar-refractivity contribution in [2.24, 2.45) is 11.3 Å². The molecule has 2 aliphatic rings.